The van der Waals surface area contributed by atoms with Crippen molar-refractivity contribution >= 4 is 0 Å². The molecule has 1 heterocycles. The Kier molecular flexibility index (Phi) is 3.26. The predicted molar refractivity (Wildman–Crippen MR) is 47.0 cm³/mol. The highest BCUT2D eigenvalue weighted by Crippen LogP contribution is 2.21. The summed E-state index contributed by atoms with van der Waals surface area (Å²) in [6, 6.07) is 0. The van der Waals surface area contributed by atoms with E-state index in [0.29, 0.717) is 11.8 Å². The van der Waals surface area contributed by atoms with E-state index in [9.17, 15) is 0 Å². The fraction of sp³-hybridized carbons (Fsp3) is 0.778. The van der Waals surface area contributed by atoms with Gasteiger partial charge in [-0.05, 0) is 12.8 Å². The van der Waals surface area contributed by atoms with Crippen molar-refractivity contribution in [3.63, 3.8) is 0 Å². The van der Waals surface area contributed by atoms with Gasteiger partial charge in [-0.2, -0.15) is 4.98 Å². The molecular weight excluding hydrogens is 152 g/mol. The van der Waals surface area contributed by atoms with Crippen molar-refractivity contribution in [1.29, 1.82) is 0 Å². The highest BCUT2D eigenvalue weighted by molar-refractivity contribution is 4.93. The first-order valence-electron chi connectivity index (χ1n) is 4.58. The lowest BCUT2D eigenvalue weighted by Gasteiger charge is -2.06. The van der Waals surface area contributed by atoms with Crippen LogP contribution in [-0.4, -0.2) is 10.1 Å². The normalized spacial score (nSPS) is 13.2. The maximum atomic E-state index is 4.93. The molecule has 0 aliphatic carbocycles. The molecule has 0 aliphatic heterocycles. The smallest absolute Gasteiger partial charge is 0.223 e. The largest absolute Gasteiger partial charge is 0.340 e. The number of hydrogen-bond donors (Lipinski definition) is 0. The second-order valence-corrected chi connectivity index (χ2v) is 3.07. The van der Waals surface area contributed by atoms with Gasteiger partial charge in [-0.25, -0.2) is 0 Å². The van der Waals surface area contributed by atoms with Crippen LogP contribution in [-0.2, 0) is 0 Å². The molecule has 0 N–H and O–H groups in total. The molecule has 1 unspecified atom stereocenters. The summed E-state index contributed by atoms with van der Waals surface area (Å²) in [7, 11) is 0. The van der Waals surface area contributed by atoms with E-state index in [-0.39, 0.29) is 0 Å². The number of aryl methyl sites for hydroxylation is 1. The number of rotatable bonds is 4. The van der Waals surface area contributed by atoms with Gasteiger partial charge in [0.2, 0.25) is 5.89 Å². The van der Waals surface area contributed by atoms with Gasteiger partial charge in [-0.1, -0.05) is 25.4 Å². The Morgan fingerprint density at radius 2 is 2.17 bits per heavy atom. The van der Waals surface area contributed by atoms with Crippen LogP contribution >= 0.6 is 0 Å². The molecule has 68 valence electrons. The zero-order chi connectivity index (χ0) is 8.97. The Balaban J connectivity index is 2.66. The average Bonchev–Trinajstić information content (AvgIpc) is 2.47. The van der Waals surface area contributed by atoms with E-state index in [1.165, 1.54) is 6.42 Å². The van der Waals surface area contributed by atoms with Crippen LogP contribution in [0.4, 0.5) is 0 Å². The van der Waals surface area contributed by atoms with Crippen molar-refractivity contribution in [3.05, 3.63) is 11.7 Å². The van der Waals surface area contributed by atoms with E-state index >= 15 is 0 Å². The molecule has 0 saturated heterocycles. The Hall–Kier alpha value is -0.860. The monoisotopic (exact) mass is 168 g/mol. The van der Waals surface area contributed by atoms with Gasteiger partial charge in [0.1, 0.15) is 0 Å². The SMILES string of the molecule is CCCC(CC)c1noc(C)n1. The van der Waals surface area contributed by atoms with Gasteiger partial charge in [-0.3, -0.25) is 0 Å². The molecule has 0 bridgehead atoms. The summed E-state index contributed by atoms with van der Waals surface area (Å²) < 4.78 is 4.93. The summed E-state index contributed by atoms with van der Waals surface area (Å²) >= 11 is 0. The number of hydrogen-bond acceptors (Lipinski definition) is 3. The molecule has 0 aromatic carbocycles. The highest BCUT2D eigenvalue weighted by atomic mass is 16.5. The van der Waals surface area contributed by atoms with Crippen molar-refractivity contribution in [3.8, 4) is 0 Å². The second-order valence-electron chi connectivity index (χ2n) is 3.07. The van der Waals surface area contributed by atoms with Crippen LogP contribution in [0.15, 0.2) is 4.52 Å². The van der Waals surface area contributed by atoms with Crippen LogP contribution in [0.1, 0.15) is 50.7 Å². The van der Waals surface area contributed by atoms with Crippen molar-refractivity contribution in [2.75, 3.05) is 0 Å². The molecule has 0 fully saturated rings. The van der Waals surface area contributed by atoms with Crippen LogP contribution in [0, 0.1) is 6.92 Å². The van der Waals surface area contributed by atoms with Gasteiger partial charge < -0.3 is 4.52 Å². The standard InChI is InChI=1S/C9H16N2O/c1-4-6-8(5-2)9-10-7(3)12-11-9/h8H,4-6H2,1-3H3. The maximum Gasteiger partial charge on any atom is 0.223 e. The molecule has 3 heteroatoms. The Bertz CT molecular complexity index is 232. The third-order valence-electron chi connectivity index (χ3n) is 2.04. The van der Waals surface area contributed by atoms with Gasteiger partial charge in [0, 0.05) is 12.8 Å². The lowest BCUT2D eigenvalue weighted by molar-refractivity contribution is 0.380. The van der Waals surface area contributed by atoms with Gasteiger partial charge in [-0.15, -0.1) is 0 Å². The molecule has 0 aliphatic rings. The molecule has 12 heavy (non-hydrogen) atoms. The number of nitrogens with zero attached hydrogens (tertiary/aromatic N) is 2. The van der Waals surface area contributed by atoms with E-state index in [1.54, 1.807) is 0 Å². The fourth-order valence-corrected chi connectivity index (χ4v) is 1.35. The van der Waals surface area contributed by atoms with E-state index in [1.807, 2.05) is 6.92 Å². The topological polar surface area (TPSA) is 38.9 Å². The molecule has 1 atom stereocenters. The maximum absolute atomic E-state index is 4.93. The number of aromatic nitrogens is 2. The van der Waals surface area contributed by atoms with Gasteiger partial charge in [0.05, 0.1) is 0 Å². The molecule has 0 radical (unpaired) electrons. The van der Waals surface area contributed by atoms with Crippen LogP contribution in [0.2, 0.25) is 0 Å². The minimum atomic E-state index is 0.479. The van der Waals surface area contributed by atoms with Gasteiger partial charge in [0.15, 0.2) is 5.82 Å². The first kappa shape index (κ1) is 9.23. The average molecular weight is 168 g/mol. The fourth-order valence-electron chi connectivity index (χ4n) is 1.35. The Morgan fingerprint density at radius 1 is 1.42 bits per heavy atom. The van der Waals surface area contributed by atoms with Crippen LogP contribution in [0.5, 0.6) is 0 Å². The third kappa shape index (κ3) is 2.06. The molecule has 1 aromatic heterocycles. The summed E-state index contributed by atoms with van der Waals surface area (Å²) in [5, 5.41) is 3.92. The lowest BCUT2D eigenvalue weighted by Crippen LogP contribution is -1.99. The summed E-state index contributed by atoms with van der Waals surface area (Å²) in [5.41, 5.74) is 0. The van der Waals surface area contributed by atoms with Crippen molar-refractivity contribution in [1.82, 2.24) is 10.1 Å². The predicted octanol–water partition coefficient (Wildman–Crippen LogP) is 2.67. The molecule has 0 spiro atoms. The Labute approximate surface area is 73.2 Å². The Morgan fingerprint density at radius 3 is 2.58 bits per heavy atom. The zero-order valence-corrected chi connectivity index (χ0v) is 8.00. The quantitative estimate of drug-likeness (QED) is 0.693. The minimum absolute atomic E-state index is 0.479. The van der Waals surface area contributed by atoms with Crippen molar-refractivity contribution < 1.29 is 4.52 Å². The van der Waals surface area contributed by atoms with E-state index in [2.05, 4.69) is 24.0 Å². The van der Waals surface area contributed by atoms with Crippen LogP contribution < -0.4 is 0 Å². The minimum Gasteiger partial charge on any atom is -0.340 e. The summed E-state index contributed by atoms with van der Waals surface area (Å²) in [4.78, 5) is 4.22. The zero-order valence-electron chi connectivity index (χ0n) is 8.00. The summed E-state index contributed by atoms with van der Waals surface area (Å²) in [5.74, 6) is 2.02. The molecular formula is C9H16N2O. The van der Waals surface area contributed by atoms with Crippen molar-refractivity contribution in [2.24, 2.45) is 0 Å². The van der Waals surface area contributed by atoms with Crippen LogP contribution in [0.3, 0.4) is 0 Å². The third-order valence-corrected chi connectivity index (χ3v) is 2.04. The summed E-state index contributed by atoms with van der Waals surface area (Å²) in [6.45, 7) is 6.16. The molecule has 0 amide bonds. The van der Waals surface area contributed by atoms with E-state index < -0.39 is 0 Å². The molecule has 1 rings (SSSR count). The van der Waals surface area contributed by atoms with Crippen LogP contribution in [0.25, 0.3) is 0 Å². The van der Waals surface area contributed by atoms with Gasteiger partial charge in [0.25, 0.3) is 0 Å². The van der Waals surface area contributed by atoms with E-state index in [0.717, 1.165) is 18.7 Å². The molecule has 0 saturated carbocycles. The first-order valence-corrected chi connectivity index (χ1v) is 4.58. The van der Waals surface area contributed by atoms with Crippen molar-refractivity contribution in [2.45, 2.75) is 46.0 Å². The molecule has 1 aromatic rings. The van der Waals surface area contributed by atoms with Gasteiger partial charge >= 0.3 is 0 Å². The molecule has 3 nitrogen and oxygen atoms in total. The highest BCUT2D eigenvalue weighted by Gasteiger charge is 2.13. The van der Waals surface area contributed by atoms with E-state index in [4.69, 9.17) is 4.52 Å². The first-order chi connectivity index (χ1) is 5.77. The lowest BCUT2D eigenvalue weighted by atomic mass is 10.0. The second kappa shape index (κ2) is 4.24. The summed E-state index contributed by atoms with van der Waals surface area (Å²) in [6.07, 6.45) is 3.41.